The Kier molecular flexibility index (Phi) is 4.52. The maximum absolute atomic E-state index is 5.37. The van der Waals surface area contributed by atoms with Crippen LogP contribution in [0.5, 0.6) is 5.75 Å². The topological polar surface area (TPSA) is 37.7 Å². The van der Waals surface area contributed by atoms with Crippen molar-refractivity contribution in [3.8, 4) is 5.75 Å². The summed E-state index contributed by atoms with van der Waals surface area (Å²) in [5, 5.41) is 8.01. The third-order valence-electron chi connectivity index (χ3n) is 5.26. The predicted molar refractivity (Wildman–Crippen MR) is 120 cm³/mol. The lowest BCUT2D eigenvalue weighted by molar-refractivity contribution is 0.415. The van der Waals surface area contributed by atoms with Gasteiger partial charge in [-0.15, -0.1) is 0 Å². The van der Waals surface area contributed by atoms with E-state index in [4.69, 9.17) is 14.8 Å². The Labute approximate surface area is 174 Å². The fraction of sp³-hybridized carbons (Fsp3) is 0.167. The van der Waals surface area contributed by atoms with Gasteiger partial charge < -0.3 is 4.74 Å². The predicted octanol–water partition coefficient (Wildman–Crippen LogP) is 5.97. The Morgan fingerprint density at radius 1 is 1.00 bits per heavy atom. The Morgan fingerprint density at radius 3 is 2.55 bits per heavy atom. The third-order valence-corrected chi connectivity index (χ3v) is 6.27. The molecular formula is C24H21N3OS. The van der Waals surface area contributed by atoms with Crippen LogP contribution in [0.15, 0.2) is 77.9 Å². The first kappa shape index (κ1) is 17.9. The fourth-order valence-corrected chi connectivity index (χ4v) is 4.65. The lowest BCUT2D eigenvalue weighted by Gasteiger charge is -2.21. The van der Waals surface area contributed by atoms with Gasteiger partial charge in [0.25, 0.3) is 0 Å². The van der Waals surface area contributed by atoms with Crippen molar-refractivity contribution in [3.05, 3.63) is 89.5 Å². The number of hydrogen-bond donors (Lipinski definition) is 0. The smallest absolute Gasteiger partial charge is 0.207 e. The van der Waals surface area contributed by atoms with Gasteiger partial charge in [-0.2, -0.15) is 5.10 Å². The summed E-state index contributed by atoms with van der Waals surface area (Å²) in [6, 6.07) is 25.3. The minimum Gasteiger partial charge on any atom is -0.497 e. The number of ether oxygens (including phenoxy) is 1. The third kappa shape index (κ3) is 3.38. The number of aryl methyl sites for hydroxylation is 1. The molecule has 1 aromatic heterocycles. The van der Waals surface area contributed by atoms with Crippen molar-refractivity contribution in [3.63, 3.8) is 0 Å². The molecular weight excluding hydrogens is 378 g/mol. The Balaban J connectivity index is 1.59. The van der Waals surface area contributed by atoms with Crippen molar-refractivity contribution in [2.24, 2.45) is 5.10 Å². The molecule has 0 spiro atoms. The van der Waals surface area contributed by atoms with Crippen molar-refractivity contribution in [2.45, 2.75) is 19.4 Å². The van der Waals surface area contributed by atoms with Crippen LogP contribution in [0.4, 0.5) is 5.13 Å². The quantitative estimate of drug-likeness (QED) is 0.424. The molecule has 1 unspecified atom stereocenters. The number of rotatable bonds is 4. The van der Waals surface area contributed by atoms with E-state index < -0.39 is 0 Å². The van der Waals surface area contributed by atoms with Crippen molar-refractivity contribution in [1.29, 1.82) is 0 Å². The van der Waals surface area contributed by atoms with Crippen LogP contribution in [0.2, 0.25) is 0 Å². The summed E-state index contributed by atoms with van der Waals surface area (Å²) in [6.45, 7) is 2.11. The molecule has 0 aliphatic carbocycles. The van der Waals surface area contributed by atoms with Crippen molar-refractivity contribution in [2.75, 3.05) is 12.1 Å². The molecule has 0 radical (unpaired) electrons. The second-order valence-electron chi connectivity index (χ2n) is 7.22. The summed E-state index contributed by atoms with van der Waals surface area (Å²) >= 11 is 1.65. The average molecular weight is 400 g/mol. The van der Waals surface area contributed by atoms with E-state index in [0.717, 1.165) is 38.8 Å². The Bertz CT molecular complexity index is 1180. The van der Waals surface area contributed by atoms with Crippen molar-refractivity contribution < 1.29 is 4.74 Å². The fourth-order valence-electron chi connectivity index (χ4n) is 3.66. The summed E-state index contributed by atoms with van der Waals surface area (Å²) in [5.41, 5.74) is 5.73. The van der Waals surface area contributed by atoms with Crippen molar-refractivity contribution in [1.82, 2.24) is 4.98 Å². The molecule has 1 aliphatic rings. The van der Waals surface area contributed by atoms with Crippen LogP contribution >= 0.6 is 11.3 Å². The molecule has 0 N–H and O–H groups in total. The number of benzene rings is 3. The van der Waals surface area contributed by atoms with E-state index in [1.54, 1.807) is 18.4 Å². The first-order valence-electron chi connectivity index (χ1n) is 9.64. The largest absolute Gasteiger partial charge is 0.497 e. The highest BCUT2D eigenvalue weighted by Gasteiger charge is 2.31. The second-order valence-corrected chi connectivity index (χ2v) is 8.23. The zero-order chi connectivity index (χ0) is 19.8. The van der Waals surface area contributed by atoms with E-state index in [1.807, 2.05) is 24.3 Å². The molecule has 1 aliphatic heterocycles. The summed E-state index contributed by atoms with van der Waals surface area (Å²) < 4.78 is 6.47. The first-order valence-corrected chi connectivity index (χ1v) is 10.5. The van der Waals surface area contributed by atoms with E-state index in [1.165, 1.54) is 11.1 Å². The molecule has 0 saturated carbocycles. The van der Waals surface area contributed by atoms with Gasteiger partial charge in [0, 0.05) is 6.42 Å². The molecule has 29 heavy (non-hydrogen) atoms. The number of fused-ring (bicyclic) bond motifs is 1. The van der Waals surface area contributed by atoms with E-state index in [2.05, 4.69) is 60.5 Å². The molecule has 5 heteroatoms. The normalized spacial score (nSPS) is 16.3. The first-order chi connectivity index (χ1) is 14.2. The number of hydrazone groups is 1. The highest BCUT2D eigenvalue weighted by molar-refractivity contribution is 7.22. The van der Waals surface area contributed by atoms with Crippen molar-refractivity contribution >= 4 is 32.4 Å². The van der Waals surface area contributed by atoms with E-state index in [0.29, 0.717) is 0 Å². The maximum Gasteiger partial charge on any atom is 0.207 e. The number of aromatic nitrogens is 1. The van der Waals surface area contributed by atoms with Gasteiger partial charge in [0.05, 0.1) is 29.1 Å². The molecule has 4 aromatic rings. The molecule has 2 heterocycles. The van der Waals surface area contributed by atoms with Gasteiger partial charge in [-0.25, -0.2) is 9.99 Å². The molecule has 1 atom stereocenters. The average Bonchev–Trinajstić information content (AvgIpc) is 3.38. The zero-order valence-electron chi connectivity index (χ0n) is 16.4. The highest BCUT2D eigenvalue weighted by atomic mass is 32.1. The van der Waals surface area contributed by atoms with Crippen LogP contribution in [0.25, 0.3) is 10.2 Å². The van der Waals surface area contributed by atoms with Crippen LogP contribution in [-0.4, -0.2) is 17.8 Å². The summed E-state index contributed by atoms with van der Waals surface area (Å²) in [4.78, 5) is 4.87. The molecule has 5 rings (SSSR count). The lowest BCUT2D eigenvalue weighted by Crippen LogP contribution is -2.18. The lowest BCUT2D eigenvalue weighted by atomic mass is 9.98. The summed E-state index contributed by atoms with van der Waals surface area (Å²) in [5.74, 6) is 0.845. The highest BCUT2D eigenvalue weighted by Crippen LogP contribution is 2.40. The SMILES string of the molecule is COc1ccc2nc(N3N=C(c4ccccc4)CC3c3ccc(C)cc3)sc2c1. The summed E-state index contributed by atoms with van der Waals surface area (Å²) in [6.07, 6.45) is 0.853. The van der Waals surface area contributed by atoms with Gasteiger partial charge >= 0.3 is 0 Å². The molecule has 0 amide bonds. The molecule has 3 aromatic carbocycles. The van der Waals surface area contributed by atoms with Crippen LogP contribution < -0.4 is 9.75 Å². The number of thiazole rings is 1. The second kappa shape index (κ2) is 7.33. The monoisotopic (exact) mass is 399 g/mol. The standard InChI is InChI=1S/C24H21N3OS/c1-16-8-10-18(11-9-16)22-15-21(17-6-4-3-5-7-17)26-27(22)24-25-20-13-12-19(28-2)14-23(20)29-24/h3-14,22H,15H2,1-2H3. The Hall–Kier alpha value is -3.18. The van der Waals surface area contributed by atoms with E-state index in [9.17, 15) is 0 Å². The molecule has 0 fully saturated rings. The number of anilines is 1. The minimum absolute atomic E-state index is 0.133. The van der Waals surface area contributed by atoms with E-state index in [-0.39, 0.29) is 6.04 Å². The van der Waals surface area contributed by atoms with Gasteiger partial charge in [0.15, 0.2) is 0 Å². The van der Waals surface area contributed by atoms with Crippen LogP contribution in [0.3, 0.4) is 0 Å². The van der Waals surface area contributed by atoms with Crippen LogP contribution in [-0.2, 0) is 0 Å². The number of nitrogens with zero attached hydrogens (tertiary/aromatic N) is 3. The molecule has 144 valence electrons. The number of hydrogen-bond acceptors (Lipinski definition) is 5. The minimum atomic E-state index is 0.133. The van der Waals surface area contributed by atoms with Gasteiger partial charge in [-0.05, 0) is 36.2 Å². The maximum atomic E-state index is 5.37. The zero-order valence-corrected chi connectivity index (χ0v) is 17.2. The van der Waals surface area contributed by atoms with Gasteiger partial charge in [0.1, 0.15) is 5.75 Å². The van der Waals surface area contributed by atoms with Crippen LogP contribution in [0.1, 0.15) is 29.2 Å². The van der Waals surface area contributed by atoms with Gasteiger partial charge in [-0.3, -0.25) is 0 Å². The molecule has 0 bridgehead atoms. The van der Waals surface area contributed by atoms with Gasteiger partial charge in [0.2, 0.25) is 5.13 Å². The van der Waals surface area contributed by atoms with E-state index >= 15 is 0 Å². The van der Waals surface area contributed by atoms with Crippen LogP contribution in [0, 0.1) is 6.92 Å². The Morgan fingerprint density at radius 2 is 1.79 bits per heavy atom. The van der Waals surface area contributed by atoms with Gasteiger partial charge in [-0.1, -0.05) is 71.5 Å². The molecule has 0 saturated heterocycles. The summed E-state index contributed by atoms with van der Waals surface area (Å²) in [7, 11) is 1.69. The number of methoxy groups -OCH3 is 1. The molecule has 4 nitrogen and oxygen atoms in total.